The lowest BCUT2D eigenvalue weighted by Crippen LogP contribution is -2.58. The molecule has 2 atom stereocenters. The number of β-amino-alcohol motifs (C(OH)–C–C–N with tert-alkyl or cyclic N) is 1. The van der Waals surface area contributed by atoms with E-state index in [9.17, 15) is 5.11 Å². The minimum atomic E-state index is -0.757. The van der Waals surface area contributed by atoms with E-state index < -0.39 is 5.60 Å². The van der Waals surface area contributed by atoms with Gasteiger partial charge in [-0.2, -0.15) is 0 Å². The number of nitrogens with zero attached hydrogens (tertiary/aromatic N) is 1. The van der Waals surface area contributed by atoms with Crippen molar-refractivity contribution in [2.24, 2.45) is 5.73 Å². The Morgan fingerprint density at radius 1 is 1.44 bits per heavy atom. The van der Waals surface area contributed by atoms with E-state index >= 15 is 0 Å². The van der Waals surface area contributed by atoms with Crippen molar-refractivity contribution in [3.63, 3.8) is 0 Å². The van der Waals surface area contributed by atoms with Crippen molar-refractivity contribution in [2.45, 2.75) is 31.5 Å². The lowest BCUT2D eigenvalue weighted by molar-refractivity contribution is -0.0343. The molecule has 1 fully saturated rings. The molecule has 1 aliphatic rings. The molecule has 3 N–H and O–H groups in total. The number of aliphatic hydroxyl groups is 1. The highest BCUT2D eigenvalue weighted by molar-refractivity contribution is 5.14. The van der Waals surface area contributed by atoms with Gasteiger partial charge in [-0.3, -0.25) is 4.90 Å². The molecular formula is C13H20N2O. The fourth-order valence-electron chi connectivity index (χ4n) is 2.26. The largest absolute Gasteiger partial charge is 0.387 e. The molecule has 1 aromatic rings. The zero-order valence-corrected chi connectivity index (χ0v) is 9.76. The Morgan fingerprint density at radius 3 is 2.75 bits per heavy atom. The van der Waals surface area contributed by atoms with E-state index in [1.807, 2.05) is 25.1 Å². The van der Waals surface area contributed by atoms with Crippen LogP contribution in [0.15, 0.2) is 30.3 Å². The van der Waals surface area contributed by atoms with Gasteiger partial charge in [0.15, 0.2) is 0 Å². The maximum atomic E-state index is 10.1. The maximum Gasteiger partial charge on any atom is 0.0896 e. The molecule has 2 rings (SSSR count). The van der Waals surface area contributed by atoms with Crippen LogP contribution in [0.5, 0.6) is 0 Å². The number of likely N-dealkylation sites (tertiary alicyclic amines) is 1. The molecule has 0 spiro atoms. The monoisotopic (exact) mass is 220 g/mol. The Labute approximate surface area is 96.9 Å². The predicted molar refractivity (Wildman–Crippen MR) is 64.9 cm³/mol. The molecule has 1 heterocycles. The smallest absolute Gasteiger partial charge is 0.0896 e. The van der Waals surface area contributed by atoms with Crippen LogP contribution in [0.3, 0.4) is 0 Å². The van der Waals surface area contributed by atoms with Gasteiger partial charge in [0, 0.05) is 25.7 Å². The highest BCUT2D eigenvalue weighted by Crippen LogP contribution is 2.21. The topological polar surface area (TPSA) is 49.5 Å². The van der Waals surface area contributed by atoms with Gasteiger partial charge in [-0.15, -0.1) is 0 Å². The van der Waals surface area contributed by atoms with Gasteiger partial charge >= 0.3 is 0 Å². The van der Waals surface area contributed by atoms with Crippen molar-refractivity contribution in [3.8, 4) is 0 Å². The van der Waals surface area contributed by atoms with Gasteiger partial charge in [-0.05, 0) is 18.9 Å². The van der Waals surface area contributed by atoms with Crippen molar-refractivity contribution in [2.75, 3.05) is 13.1 Å². The molecule has 16 heavy (non-hydrogen) atoms. The summed E-state index contributed by atoms with van der Waals surface area (Å²) in [6, 6.07) is 10.2. The fraction of sp³-hybridized carbons (Fsp3) is 0.538. The Bertz CT molecular complexity index is 337. The second-order valence-corrected chi connectivity index (χ2v) is 4.95. The number of piperidine rings is 1. The molecule has 0 radical (unpaired) electrons. The van der Waals surface area contributed by atoms with Gasteiger partial charge < -0.3 is 10.8 Å². The molecule has 3 heteroatoms. The van der Waals surface area contributed by atoms with Crippen LogP contribution < -0.4 is 5.73 Å². The lowest BCUT2D eigenvalue weighted by atomic mass is 9.90. The van der Waals surface area contributed by atoms with Crippen LogP contribution in [0.2, 0.25) is 0 Å². The number of benzene rings is 1. The van der Waals surface area contributed by atoms with Gasteiger partial charge in [0.2, 0.25) is 0 Å². The number of rotatable bonds is 2. The van der Waals surface area contributed by atoms with Crippen molar-refractivity contribution in [1.29, 1.82) is 0 Å². The molecule has 3 nitrogen and oxygen atoms in total. The van der Waals surface area contributed by atoms with E-state index in [4.69, 9.17) is 5.73 Å². The zero-order valence-electron chi connectivity index (χ0n) is 9.76. The summed E-state index contributed by atoms with van der Waals surface area (Å²) in [5.41, 5.74) is 6.42. The summed E-state index contributed by atoms with van der Waals surface area (Å²) in [6.45, 7) is 4.34. The molecule has 0 aromatic heterocycles. The van der Waals surface area contributed by atoms with Crippen LogP contribution in [0, 0.1) is 0 Å². The van der Waals surface area contributed by atoms with Gasteiger partial charge in [0.25, 0.3) is 0 Å². The number of nitrogens with two attached hydrogens (primary N) is 1. The van der Waals surface area contributed by atoms with Crippen LogP contribution in [-0.2, 0) is 6.54 Å². The van der Waals surface area contributed by atoms with Gasteiger partial charge in [-0.25, -0.2) is 0 Å². The number of hydrogen-bond donors (Lipinski definition) is 2. The lowest BCUT2D eigenvalue weighted by Gasteiger charge is -2.41. The van der Waals surface area contributed by atoms with E-state index in [1.54, 1.807) is 0 Å². The second-order valence-electron chi connectivity index (χ2n) is 4.95. The first-order valence-electron chi connectivity index (χ1n) is 5.82. The van der Waals surface area contributed by atoms with Crippen LogP contribution in [0.4, 0.5) is 0 Å². The zero-order chi connectivity index (χ0) is 11.6. The minimum absolute atomic E-state index is 0.0977. The third-order valence-electron chi connectivity index (χ3n) is 3.35. The number of hydrogen-bond acceptors (Lipinski definition) is 3. The molecular weight excluding hydrogens is 200 g/mol. The third-order valence-corrected chi connectivity index (χ3v) is 3.35. The summed E-state index contributed by atoms with van der Waals surface area (Å²) in [4.78, 5) is 2.26. The van der Waals surface area contributed by atoms with E-state index in [0.717, 1.165) is 19.5 Å². The Hall–Kier alpha value is -0.900. The maximum absolute atomic E-state index is 10.1. The molecule has 1 aromatic carbocycles. The molecule has 1 aliphatic heterocycles. The molecule has 0 aliphatic carbocycles. The molecule has 0 bridgehead atoms. The first-order valence-corrected chi connectivity index (χ1v) is 5.82. The first-order chi connectivity index (χ1) is 7.58. The Kier molecular flexibility index (Phi) is 3.28. The Morgan fingerprint density at radius 2 is 2.12 bits per heavy atom. The van der Waals surface area contributed by atoms with Crippen molar-refractivity contribution in [1.82, 2.24) is 4.90 Å². The highest BCUT2D eigenvalue weighted by atomic mass is 16.3. The average Bonchev–Trinajstić information content (AvgIpc) is 2.25. The summed E-state index contributed by atoms with van der Waals surface area (Å²) in [6.07, 6.45) is 0.861. The summed E-state index contributed by atoms with van der Waals surface area (Å²) in [5, 5.41) is 10.1. The Balaban J connectivity index is 1.97. The van der Waals surface area contributed by atoms with Gasteiger partial charge in [0.1, 0.15) is 0 Å². The van der Waals surface area contributed by atoms with Crippen LogP contribution in [-0.4, -0.2) is 34.7 Å². The first kappa shape index (κ1) is 11.6. The molecule has 0 amide bonds. The SMILES string of the molecule is C[C@]1(O)CN(Cc2ccccc2)CC[C@@H]1N. The normalized spacial score (nSPS) is 31.6. The van der Waals surface area contributed by atoms with Gasteiger partial charge in [0.05, 0.1) is 5.60 Å². The van der Waals surface area contributed by atoms with E-state index in [-0.39, 0.29) is 6.04 Å². The summed E-state index contributed by atoms with van der Waals surface area (Å²) in [5.74, 6) is 0. The molecule has 0 saturated carbocycles. The third kappa shape index (κ3) is 2.61. The molecule has 88 valence electrons. The van der Waals surface area contributed by atoms with Crippen molar-refractivity contribution < 1.29 is 5.11 Å². The standard InChI is InChI=1S/C13H20N2O/c1-13(16)10-15(8-7-12(13)14)9-11-5-3-2-4-6-11/h2-6,12,16H,7-10,14H2,1H3/t12-,13-/m0/s1. The van der Waals surface area contributed by atoms with E-state index in [0.29, 0.717) is 6.54 Å². The van der Waals surface area contributed by atoms with Crippen molar-refractivity contribution in [3.05, 3.63) is 35.9 Å². The van der Waals surface area contributed by atoms with E-state index in [1.165, 1.54) is 5.56 Å². The quantitative estimate of drug-likeness (QED) is 0.781. The summed E-state index contributed by atoms with van der Waals surface area (Å²) in [7, 11) is 0. The van der Waals surface area contributed by atoms with Crippen molar-refractivity contribution >= 4 is 0 Å². The van der Waals surface area contributed by atoms with E-state index in [2.05, 4.69) is 17.0 Å². The highest BCUT2D eigenvalue weighted by Gasteiger charge is 2.35. The summed E-state index contributed by atoms with van der Waals surface area (Å²) < 4.78 is 0. The molecule has 1 saturated heterocycles. The fourth-order valence-corrected chi connectivity index (χ4v) is 2.26. The second kappa shape index (κ2) is 4.53. The van der Waals surface area contributed by atoms with Crippen LogP contribution >= 0.6 is 0 Å². The molecule has 0 unspecified atom stereocenters. The minimum Gasteiger partial charge on any atom is -0.387 e. The van der Waals surface area contributed by atoms with Crippen LogP contribution in [0.25, 0.3) is 0 Å². The summed E-state index contributed by atoms with van der Waals surface area (Å²) >= 11 is 0. The van der Waals surface area contributed by atoms with Crippen LogP contribution in [0.1, 0.15) is 18.9 Å². The average molecular weight is 220 g/mol. The van der Waals surface area contributed by atoms with Gasteiger partial charge in [-0.1, -0.05) is 30.3 Å². The predicted octanol–water partition coefficient (Wildman–Crippen LogP) is 0.971.